The molecule has 1 amide bonds. The Bertz CT molecular complexity index is 338. The predicted molar refractivity (Wildman–Crippen MR) is 53.7 cm³/mol. The van der Waals surface area contributed by atoms with E-state index < -0.39 is 0 Å². The molecule has 2 heterocycles. The Morgan fingerprint density at radius 2 is 2.62 bits per heavy atom. The molecule has 16 heavy (non-hydrogen) atoms. The number of likely N-dealkylation sites (N-methyl/N-ethyl adjacent to an activating group) is 1. The number of nitrogens with one attached hydrogen (secondary N) is 2. The van der Waals surface area contributed by atoms with E-state index in [0.717, 1.165) is 6.54 Å². The van der Waals surface area contributed by atoms with E-state index in [1.165, 1.54) is 0 Å². The third-order valence-corrected chi connectivity index (χ3v) is 2.39. The first kappa shape index (κ1) is 11.0. The van der Waals surface area contributed by atoms with Crippen LogP contribution in [0.5, 0.6) is 0 Å². The van der Waals surface area contributed by atoms with E-state index in [2.05, 4.69) is 25.9 Å². The molecule has 1 aliphatic rings. The van der Waals surface area contributed by atoms with Crippen molar-refractivity contribution in [1.82, 2.24) is 30.8 Å². The normalized spacial score (nSPS) is 21.1. The second-order valence-electron chi connectivity index (χ2n) is 3.54. The van der Waals surface area contributed by atoms with Gasteiger partial charge in [-0.2, -0.15) is 5.21 Å². The Labute approximate surface area is 92.3 Å². The number of tetrazole rings is 1. The van der Waals surface area contributed by atoms with E-state index in [1.807, 2.05) is 7.05 Å². The summed E-state index contributed by atoms with van der Waals surface area (Å²) in [6.45, 7) is 2.37. The highest BCUT2D eigenvalue weighted by Gasteiger charge is 2.26. The summed E-state index contributed by atoms with van der Waals surface area (Å²) >= 11 is 0. The number of rotatable bonds is 3. The van der Waals surface area contributed by atoms with Crippen LogP contribution in [0.25, 0.3) is 0 Å². The zero-order valence-corrected chi connectivity index (χ0v) is 9.01. The summed E-state index contributed by atoms with van der Waals surface area (Å²) in [6.07, 6.45) is 0.0228. The van der Waals surface area contributed by atoms with Crippen LogP contribution in [-0.4, -0.2) is 70.8 Å². The number of morpholine rings is 1. The summed E-state index contributed by atoms with van der Waals surface area (Å²) in [4.78, 5) is 13.6. The first-order valence-corrected chi connectivity index (χ1v) is 5.10. The summed E-state index contributed by atoms with van der Waals surface area (Å²) in [7, 11) is 1.85. The minimum absolute atomic E-state index is 0.0228. The lowest BCUT2D eigenvalue weighted by Crippen LogP contribution is -2.48. The molecule has 8 heteroatoms. The number of ether oxygens (including phenoxy) is 1. The second-order valence-corrected chi connectivity index (χ2v) is 3.54. The van der Waals surface area contributed by atoms with Crippen LogP contribution in [0.3, 0.4) is 0 Å². The summed E-state index contributed by atoms with van der Waals surface area (Å²) in [5.74, 6) is -0.108. The van der Waals surface area contributed by atoms with E-state index in [1.54, 1.807) is 4.90 Å². The fraction of sp³-hybridized carbons (Fsp3) is 0.750. The highest BCUT2D eigenvalue weighted by molar-refractivity contribution is 5.90. The van der Waals surface area contributed by atoms with Crippen LogP contribution in [0.15, 0.2) is 0 Å². The third kappa shape index (κ3) is 2.34. The maximum atomic E-state index is 11.9. The lowest BCUT2D eigenvalue weighted by molar-refractivity contribution is -0.0200. The molecule has 1 aromatic rings. The topological polar surface area (TPSA) is 96.0 Å². The molecule has 2 N–H and O–H groups in total. The van der Waals surface area contributed by atoms with Gasteiger partial charge < -0.3 is 15.0 Å². The zero-order chi connectivity index (χ0) is 11.4. The number of amides is 1. The van der Waals surface area contributed by atoms with Gasteiger partial charge in [-0.05, 0) is 12.3 Å². The number of H-pyrrole nitrogens is 1. The molecule has 1 aromatic heterocycles. The molecule has 1 unspecified atom stereocenters. The minimum atomic E-state index is -0.210. The number of aromatic nitrogens is 4. The van der Waals surface area contributed by atoms with Crippen molar-refractivity contribution < 1.29 is 9.53 Å². The Balaban J connectivity index is 1.96. The molecule has 1 aliphatic heterocycles. The molecular weight excluding hydrogens is 212 g/mol. The minimum Gasteiger partial charge on any atom is -0.373 e. The van der Waals surface area contributed by atoms with Crippen LogP contribution >= 0.6 is 0 Å². The number of nitrogens with zero attached hydrogens (tertiary/aromatic N) is 4. The van der Waals surface area contributed by atoms with Crippen LogP contribution in [0.1, 0.15) is 10.6 Å². The van der Waals surface area contributed by atoms with E-state index >= 15 is 0 Å². The van der Waals surface area contributed by atoms with E-state index in [-0.39, 0.29) is 17.8 Å². The highest BCUT2D eigenvalue weighted by atomic mass is 16.5. The zero-order valence-electron chi connectivity index (χ0n) is 9.01. The molecule has 1 atom stereocenters. The fourth-order valence-corrected chi connectivity index (χ4v) is 1.65. The molecule has 2 rings (SSSR count). The lowest BCUT2D eigenvalue weighted by atomic mass is 10.2. The van der Waals surface area contributed by atoms with Gasteiger partial charge in [-0.25, -0.2) is 0 Å². The summed E-state index contributed by atoms with van der Waals surface area (Å²) in [5, 5.41) is 16.0. The van der Waals surface area contributed by atoms with Gasteiger partial charge in [0.15, 0.2) is 0 Å². The van der Waals surface area contributed by atoms with Crippen LogP contribution in [0.2, 0.25) is 0 Å². The van der Waals surface area contributed by atoms with Gasteiger partial charge in [-0.15, -0.1) is 10.2 Å². The average Bonchev–Trinajstić information content (AvgIpc) is 2.82. The highest BCUT2D eigenvalue weighted by Crippen LogP contribution is 2.07. The summed E-state index contributed by atoms with van der Waals surface area (Å²) in [6, 6.07) is 0. The van der Waals surface area contributed by atoms with E-state index in [9.17, 15) is 4.79 Å². The fourth-order valence-electron chi connectivity index (χ4n) is 1.65. The molecule has 0 radical (unpaired) electrons. The number of carbonyl (C=O) groups excluding carboxylic acids is 1. The van der Waals surface area contributed by atoms with Gasteiger partial charge in [0, 0.05) is 19.6 Å². The second kappa shape index (κ2) is 4.99. The SMILES string of the molecule is CNCC1CN(C(=O)c2nn[nH]n2)CCO1. The number of hydrogen-bond acceptors (Lipinski definition) is 6. The number of carbonyl (C=O) groups is 1. The van der Waals surface area contributed by atoms with Crippen molar-refractivity contribution in [3.8, 4) is 0 Å². The van der Waals surface area contributed by atoms with Gasteiger partial charge >= 0.3 is 0 Å². The largest absolute Gasteiger partial charge is 0.373 e. The smallest absolute Gasteiger partial charge is 0.295 e. The Morgan fingerprint density at radius 3 is 3.31 bits per heavy atom. The summed E-state index contributed by atoms with van der Waals surface area (Å²) in [5.41, 5.74) is 0. The van der Waals surface area contributed by atoms with Crippen molar-refractivity contribution in [3.05, 3.63) is 5.82 Å². The van der Waals surface area contributed by atoms with Crippen LogP contribution in [-0.2, 0) is 4.74 Å². The third-order valence-electron chi connectivity index (χ3n) is 2.39. The molecule has 0 bridgehead atoms. The maximum Gasteiger partial charge on any atom is 0.295 e. The molecular formula is C8H14N6O2. The van der Waals surface area contributed by atoms with E-state index in [0.29, 0.717) is 19.7 Å². The molecule has 1 fully saturated rings. The maximum absolute atomic E-state index is 11.9. The van der Waals surface area contributed by atoms with Crippen molar-refractivity contribution in [3.63, 3.8) is 0 Å². The molecule has 8 nitrogen and oxygen atoms in total. The van der Waals surface area contributed by atoms with Gasteiger partial charge in [0.05, 0.1) is 12.7 Å². The molecule has 88 valence electrons. The quantitative estimate of drug-likeness (QED) is 0.635. The number of aromatic amines is 1. The van der Waals surface area contributed by atoms with Crippen molar-refractivity contribution in [1.29, 1.82) is 0 Å². The van der Waals surface area contributed by atoms with Crippen molar-refractivity contribution in [2.24, 2.45) is 0 Å². The van der Waals surface area contributed by atoms with Gasteiger partial charge in [0.25, 0.3) is 11.7 Å². The van der Waals surface area contributed by atoms with E-state index in [4.69, 9.17) is 4.74 Å². The molecule has 1 saturated heterocycles. The van der Waals surface area contributed by atoms with Crippen LogP contribution < -0.4 is 5.32 Å². The van der Waals surface area contributed by atoms with Crippen molar-refractivity contribution >= 4 is 5.91 Å². The summed E-state index contributed by atoms with van der Waals surface area (Å²) < 4.78 is 5.50. The first-order chi connectivity index (χ1) is 7.81. The predicted octanol–water partition coefficient (Wildman–Crippen LogP) is -1.74. The Hall–Kier alpha value is -1.54. The molecule has 0 aromatic carbocycles. The monoisotopic (exact) mass is 226 g/mol. The van der Waals surface area contributed by atoms with Gasteiger partial charge in [-0.1, -0.05) is 0 Å². The Kier molecular flexibility index (Phi) is 3.42. The van der Waals surface area contributed by atoms with Crippen molar-refractivity contribution in [2.45, 2.75) is 6.10 Å². The molecule has 0 aliphatic carbocycles. The average molecular weight is 226 g/mol. The standard InChI is InChI=1S/C8H14N6O2/c1-9-4-6-5-14(2-3-16-6)8(15)7-10-12-13-11-7/h6,9H,2-5H2,1H3,(H,10,11,12,13). The van der Waals surface area contributed by atoms with Crippen LogP contribution in [0, 0.1) is 0 Å². The van der Waals surface area contributed by atoms with Gasteiger partial charge in [-0.3, -0.25) is 4.79 Å². The number of hydrogen-bond donors (Lipinski definition) is 2. The van der Waals surface area contributed by atoms with Gasteiger partial charge in [0.2, 0.25) is 0 Å². The Morgan fingerprint density at radius 1 is 1.75 bits per heavy atom. The molecule has 0 spiro atoms. The van der Waals surface area contributed by atoms with Crippen LogP contribution in [0.4, 0.5) is 0 Å². The molecule has 0 saturated carbocycles. The van der Waals surface area contributed by atoms with Crippen molar-refractivity contribution in [2.75, 3.05) is 33.3 Å². The van der Waals surface area contributed by atoms with Gasteiger partial charge in [0.1, 0.15) is 0 Å². The lowest BCUT2D eigenvalue weighted by Gasteiger charge is -2.32. The first-order valence-electron chi connectivity index (χ1n) is 5.10.